The number of para-hydroxylation sites is 2. The minimum Gasteiger partial charge on any atom is -0.310 e. The summed E-state index contributed by atoms with van der Waals surface area (Å²) < 4.78 is 50.4. The van der Waals surface area contributed by atoms with E-state index in [-0.39, 0.29) is 83.9 Å². The minimum atomic E-state index is -0.496. The van der Waals surface area contributed by atoms with Gasteiger partial charge in [0.15, 0.2) is 0 Å². The van der Waals surface area contributed by atoms with Gasteiger partial charge in [-0.25, -0.2) is 0 Å². The van der Waals surface area contributed by atoms with E-state index in [1.165, 1.54) is 66.4 Å². The number of rotatable bonds is 9. The van der Waals surface area contributed by atoms with Crippen LogP contribution in [0.5, 0.6) is 0 Å². The van der Waals surface area contributed by atoms with Gasteiger partial charge in [0, 0.05) is 55.8 Å². The highest BCUT2D eigenvalue weighted by molar-refractivity contribution is 7.00. The third-order valence-electron chi connectivity index (χ3n) is 26.2. The molecule has 3 nitrogen and oxygen atoms in total. The molecule has 0 atom stereocenters. The van der Waals surface area contributed by atoms with Crippen LogP contribution in [0.4, 0.5) is 34.1 Å². The van der Waals surface area contributed by atoms with Crippen LogP contribution in [0.25, 0.3) is 94.3 Å². The Morgan fingerprint density at radius 2 is 0.574 bits per heavy atom. The van der Waals surface area contributed by atoms with Crippen LogP contribution >= 0.6 is 0 Å². The number of hydrogen-bond acceptors (Lipinski definition) is 2. The first-order valence-electron chi connectivity index (χ1n) is 47.1. The lowest BCUT2D eigenvalue weighted by molar-refractivity contribution is 0.568. The zero-order valence-electron chi connectivity index (χ0n) is 83.8. The van der Waals surface area contributed by atoms with Crippen LogP contribution in [0.3, 0.4) is 0 Å². The van der Waals surface area contributed by atoms with Crippen molar-refractivity contribution in [2.45, 2.75) is 262 Å². The minimum absolute atomic E-state index is 0.126. The molecule has 122 heavy (non-hydrogen) atoms. The maximum absolute atomic E-state index is 9.96. The van der Waals surface area contributed by atoms with Crippen molar-refractivity contribution in [3.8, 4) is 72.4 Å². The molecule has 0 saturated heterocycles. The fourth-order valence-corrected chi connectivity index (χ4v) is 18.5. The van der Waals surface area contributed by atoms with Crippen molar-refractivity contribution in [3.63, 3.8) is 0 Å². The summed E-state index contributed by atoms with van der Waals surface area (Å²) in [6.45, 7) is 69.2. The normalized spacial score (nSPS) is 14.3. The largest absolute Gasteiger partial charge is 0.310 e. The summed E-state index contributed by atoms with van der Waals surface area (Å²) >= 11 is 0. The Hall–Kier alpha value is -10.7. The molecule has 14 aromatic rings. The molecule has 2 aliphatic rings. The molecule has 0 radical (unpaired) electrons. The quantitative estimate of drug-likeness (QED) is 0.133. The van der Waals surface area contributed by atoms with E-state index in [9.17, 15) is 5.48 Å². The van der Waals surface area contributed by atoms with Crippen molar-refractivity contribution < 1.29 is 6.85 Å². The molecule has 0 aliphatic carbocycles. The summed E-state index contributed by atoms with van der Waals surface area (Å²) in [4.78, 5) is 5.29. The molecule has 1 aromatic heterocycles. The van der Waals surface area contributed by atoms with Gasteiger partial charge < -0.3 is 14.4 Å². The lowest BCUT2D eigenvalue weighted by Gasteiger charge is -2.46. The zero-order chi connectivity index (χ0) is 92.1. The van der Waals surface area contributed by atoms with Crippen molar-refractivity contribution in [2.24, 2.45) is 0 Å². The van der Waals surface area contributed by atoms with Gasteiger partial charge in [0.25, 0.3) is 6.71 Å². The van der Waals surface area contributed by atoms with Crippen molar-refractivity contribution in [1.29, 1.82) is 0 Å². The maximum atomic E-state index is 9.96. The SMILES string of the molecule is [2H]c1c([2H])c([2H])c(-c2ccc3c(c2)N(c2c(-c4ccc(C(C)(C)C)cc4)cccc2-c2cc(C(C)(C)C)cc(C(C)(C)C)c2)c2cc(-n4c5ccc(C(C)(C)C)cc5c5cc(C(C)(C)C)ccc54)cc4c2B3c2ccc(-c3cc(C(C)(C)C)cc(C(C)(C)C)c3)cc2N4c2c(-c3ccc(C(C)(C)C)cc3)cccc2-c2ccc(C(C)(C)C)cc2C(C)(C)C)c([2H])c1[2H]. The highest BCUT2D eigenvalue weighted by Gasteiger charge is 2.47. The van der Waals surface area contributed by atoms with Crippen molar-refractivity contribution >= 4 is 79.0 Å². The first-order valence-corrected chi connectivity index (χ1v) is 44.6. The zero-order valence-corrected chi connectivity index (χ0v) is 78.8. The van der Waals surface area contributed by atoms with Crippen LogP contribution in [0, 0.1) is 0 Å². The fourth-order valence-electron chi connectivity index (χ4n) is 18.5. The van der Waals surface area contributed by atoms with Crippen molar-refractivity contribution in [3.05, 3.63) is 310 Å². The van der Waals surface area contributed by atoms with Gasteiger partial charge in [0.2, 0.25) is 0 Å². The molecule has 0 spiro atoms. The van der Waals surface area contributed by atoms with E-state index in [2.05, 4.69) is 440 Å². The smallest absolute Gasteiger partial charge is 0.252 e. The van der Waals surface area contributed by atoms with E-state index in [0.717, 1.165) is 123 Å². The standard InChI is InChI=1S/C118H132BN3/c1-109(2,3)80-48-42-74(43-49-80)90-38-34-40-92(79-62-87(116(22,23)24)67-88(63-79)117(25,26)27)107(90)121-102-64-76(73-36-32-31-33-37-73)46-56-98(102)119-99-57-47-77(78-60-85(114(16,17)18)66-86(61-78)115(19,20)21)65-103(99)122(105-72-89(71-104(121)106(105)119)120-100-58-53-82(111(7,8)9)68-95(100)96-69-83(112(10,11)12)54-59-101(96)120)108-91(75-44-50-81(51-45-75)110(4,5)6)39-35-41-94(108)93-55-52-84(113(13,14)15)70-97(93)118(28,29)30/h31-72H,1-30H3/i31D,32D,33D,36D,37D. The van der Waals surface area contributed by atoms with Crippen LogP contribution < -0.4 is 26.2 Å². The Balaban J connectivity index is 1.19. The molecule has 2 aliphatic heterocycles. The van der Waals surface area contributed by atoms with E-state index >= 15 is 0 Å². The molecule has 0 amide bonds. The van der Waals surface area contributed by atoms with Gasteiger partial charge in [-0.1, -0.05) is 414 Å². The highest BCUT2D eigenvalue weighted by atomic mass is 15.2. The first-order chi connectivity index (χ1) is 58.9. The number of hydrogen-bond donors (Lipinski definition) is 0. The van der Waals surface area contributed by atoms with Gasteiger partial charge in [-0.2, -0.15) is 0 Å². The van der Waals surface area contributed by atoms with Crippen LogP contribution in [-0.4, -0.2) is 11.3 Å². The molecule has 0 saturated carbocycles. The number of nitrogens with zero attached hydrogens (tertiary/aromatic N) is 3. The molecule has 16 rings (SSSR count). The molecule has 4 heteroatoms. The Morgan fingerprint density at radius 1 is 0.238 bits per heavy atom. The van der Waals surface area contributed by atoms with Crippen LogP contribution in [-0.2, 0) is 54.1 Å². The summed E-state index contributed by atoms with van der Waals surface area (Å²) in [6.07, 6.45) is 0. The second-order valence-electron chi connectivity index (χ2n) is 45.8. The molecule has 13 aromatic carbocycles. The Morgan fingerprint density at radius 3 is 0.967 bits per heavy atom. The molecule has 0 fully saturated rings. The predicted octanol–water partition coefficient (Wildman–Crippen LogP) is 31.8. The fraction of sp³-hybridized carbons (Fsp3) is 0.339. The molecular formula is C118H132BN3. The number of fused-ring (bicyclic) bond motifs is 7. The third kappa shape index (κ3) is 15.6. The summed E-state index contributed by atoms with van der Waals surface area (Å²) in [6, 6.07) is 86.1. The number of aromatic nitrogens is 1. The number of anilines is 6. The lowest BCUT2D eigenvalue weighted by Crippen LogP contribution is -2.61. The third-order valence-corrected chi connectivity index (χ3v) is 26.2. The van der Waals surface area contributed by atoms with E-state index in [1.54, 1.807) is 0 Å². The van der Waals surface area contributed by atoms with Crippen molar-refractivity contribution in [1.82, 2.24) is 4.57 Å². The maximum Gasteiger partial charge on any atom is 0.252 e. The van der Waals surface area contributed by atoms with Crippen LogP contribution in [0.2, 0.25) is 0 Å². The molecule has 0 unspecified atom stereocenters. The van der Waals surface area contributed by atoms with E-state index in [0.29, 0.717) is 5.56 Å². The topological polar surface area (TPSA) is 11.4 Å². The monoisotopic (exact) mass is 1610 g/mol. The van der Waals surface area contributed by atoms with Crippen LogP contribution in [0.15, 0.2) is 255 Å². The second kappa shape index (κ2) is 29.5. The summed E-state index contributed by atoms with van der Waals surface area (Å²) in [7, 11) is 0. The first kappa shape index (κ1) is 78.6. The van der Waals surface area contributed by atoms with Crippen molar-refractivity contribution in [2.75, 3.05) is 9.80 Å². The summed E-state index contributed by atoms with van der Waals surface area (Å²) in [5.74, 6) is 0. The predicted molar refractivity (Wildman–Crippen MR) is 534 cm³/mol. The summed E-state index contributed by atoms with van der Waals surface area (Å²) in [5.41, 5.74) is 33.9. The van der Waals surface area contributed by atoms with Gasteiger partial charge in [-0.15, -0.1) is 0 Å². The van der Waals surface area contributed by atoms with Gasteiger partial charge in [-0.3, -0.25) is 0 Å². The Labute approximate surface area is 740 Å². The molecular weight excluding hydrogens is 1470 g/mol. The van der Waals surface area contributed by atoms with E-state index in [4.69, 9.17) is 1.37 Å². The summed E-state index contributed by atoms with van der Waals surface area (Å²) in [5, 5.41) is 2.34. The van der Waals surface area contributed by atoms with Gasteiger partial charge >= 0.3 is 0 Å². The van der Waals surface area contributed by atoms with Crippen LogP contribution in [0.1, 0.15) is 270 Å². The molecule has 0 N–H and O–H groups in total. The lowest BCUT2D eigenvalue weighted by atomic mass is 9.33. The van der Waals surface area contributed by atoms with Gasteiger partial charge in [0.1, 0.15) is 0 Å². The molecule has 3 heterocycles. The second-order valence-corrected chi connectivity index (χ2v) is 45.8. The van der Waals surface area contributed by atoms with E-state index in [1.807, 2.05) is 6.07 Å². The average Bonchev–Trinajstić information content (AvgIpc) is 1.28. The van der Waals surface area contributed by atoms with E-state index < -0.39 is 12.8 Å². The average molecular weight is 1610 g/mol. The Bertz CT molecular complexity index is 6610. The molecule has 622 valence electrons. The Kier molecular flexibility index (Phi) is 19.0. The number of benzene rings is 13. The van der Waals surface area contributed by atoms with Gasteiger partial charge in [0.05, 0.1) is 34.9 Å². The molecule has 0 bridgehead atoms. The highest BCUT2D eigenvalue weighted by Crippen LogP contribution is 2.57. The van der Waals surface area contributed by atoms with Gasteiger partial charge in [-0.05, 0) is 219 Å².